The third kappa shape index (κ3) is 3.95. The van der Waals surface area contributed by atoms with Gasteiger partial charge in [0.15, 0.2) is 0 Å². The van der Waals surface area contributed by atoms with Crippen molar-refractivity contribution in [1.82, 2.24) is 14.8 Å². The molecule has 6 heteroatoms. The molecule has 1 atom stereocenters. The zero-order valence-electron chi connectivity index (χ0n) is 20.0. The quantitative estimate of drug-likeness (QED) is 0.570. The number of hydrogen-bond donors (Lipinski definition) is 1. The van der Waals surface area contributed by atoms with E-state index in [1.165, 1.54) is 6.42 Å². The first-order valence-electron chi connectivity index (χ1n) is 12.4. The largest absolute Gasteiger partial charge is 0.494 e. The topological polar surface area (TPSA) is 63.6 Å². The molecule has 5 rings (SSSR count). The summed E-state index contributed by atoms with van der Waals surface area (Å²) in [7, 11) is 0. The highest BCUT2D eigenvalue weighted by Gasteiger charge is 2.48. The average molecular weight is 460 g/mol. The van der Waals surface area contributed by atoms with Gasteiger partial charge in [0.1, 0.15) is 17.0 Å². The Morgan fingerprint density at radius 1 is 1.09 bits per heavy atom. The molecule has 0 radical (unpaired) electrons. The second-order valence-corrected chi connectivity index (χ2v) is 9.69. The lowest BCUT2D eigenvalue weighted by molar-refractivity contribution is -0.134. The van der Waals surface area contributed by atoms with Gasteiger partial charge in [-0.25, -0.2) is 0 Å². The summed E-state index contributed by atoms with van der Waals surface area (Å²) in [5, 5.41) is 4.31. The van der Waals surface area contributed by atoms with E-state index in [1.54, 1.807) is 4.90 Å². The Labute approximate surface area is 200 Å². The van der Waals surface area contributed by atoms with Gasteiger partial charge < -0.3 is 19.5 Å². The van der Waals surface area contributed by atoms with Crippen LogP contribution in [0.25, 0.3) is 10.9 Å². The molecule has 1 N–H and O–H groups in total. The van der Waals surface area contributed by atoms with Gasteiger partial charge in [-0.05, 0) is 44.9 Å². The molecule has 34 heavy (non-hydrogen) atoms. The van der Waals surface area contributed by atoms with Crippen LogP contribution in [0.5, 0.6) is 5.75 Å². The van der Waals surface area contributed by atoms with Crippen LogP contribution in [0.2, 0.25) is 0 Å². The van der Waals surface area contributed by atoms with Crippen LogP contribution in [-0.2, 0) is 17.9 Å². The van der Waals surface area contributed by atoms with Crippen LogP contribution in [0.4, 0.5) is 0 Å². The minimum Gasteiger partial charge on any atom is -0.494 e. The van der Waals surface area contributed by atoms with E-state index in [1.807, 2.05) is 73.0 Å². The summed E-state index contributed by atoms with van der Waals surface area (Å²) in [5.41, 5.74) is 1.48. The minimum absolute atomic E-state index is 0.0786. The van der Waals surface area contributed by atoms with Gasteiger partial charge >= 0.3 is 0 Å². The summed E-state index contributed by atoms with van der Waals surface area (Å²) in [5.74, 6) is 0.541. The first-order valence-corrected chi connectivity index (χ1v) is 12.4. The highest BCUT2D eigenvalue weighted by atomic mass is 16.5. The third-order valence-corrected chi connectivity index (χ3v) is 7.37. The number of carbonyl (C=O) groups excluding carboxylic acids is 2. The maximum Gasteiger partial charge on any atom is 0.271 e. The lowest BCUT2D eigenvalue weighted by Gasteiger charge is -2.45. The van der Waals surface area contributed by atoms with Crippen molar-refractivity contribution in [3.05, 3.63) is 65.9 Å². The summed E-state index contributed by atoms with van der Waals surface area (Å²) in [6, 6.07) is 17.9. The van der Waals surface area contributed by atoms with Gasteiger partial charge in [-0.3, -0.25) is 9.59 Å². The Morgan fingerprint density at radius 2 is 1.82 bits per heavy atom. The Morgan fingerprint density at radius 3 is 2.62 bits per heavy atom. The first-order chi connectivity index (χ1) is 16.5. The highest BCUT2D eigenvalue weighted by Crippen LogP contribution is 2.35. The molecule has 1 aliphatic carbocycles. The molecular weight excluding hydrogens is 426 g/mol. The lowest BCUT2D eigenvalue weighted by Crippen LogP contribution is -2.64. The number of rotatable bonds is 6. The van der Waals surface area contributed by atoms with E-state index >= 15 is 0 Å². The van der Waals surface area contributed by atoms with Gasteiger partial charge in [-0.1, -0.05) is 55.7 Å². The molecule has 1 saturated carbocycles. The van der Waals surface area contributed by atoms with Gasteiger partial charge in [0.2, 0.25) is 5.91 Å². The van der Waals surface area contributed by atoms with Crippen molar-refractivity contribution in [2.75, 3.05) is 6.61 Å². The van der Waals surface area contributed by atoms with Crippen molar-refractivity contribution in [2.45, 2.75) is 70.6 Å². The van der Waals surface area contributed by atoms with E-state index in [0.29, 0.717) is 25.4 Å². The predicted octanol–water partition coefficient (Wildman–Crippen LogP) is 4.90. The van der Waals surface area contributed by atoms with Crippen molar-refractivity contribution in [2.24, 2.45) is 0 Å². The number of nitrogens with zero attached hydrogens (tertiary/aromatic N) is 2. The third-order valence-electron chi connectivity index (χ3n) is 7.37. The fraction of sp³-hybridized carbons (Fsp3) is 0.429. The molecule has 1 fully saturated rings. The summed E-state index contributed by atoms with van der Waals surface area (Å²) in [4.78, 5) is 29.6. The summed E-state index contributed by atoms with van der Waals surface area (Å²) >= 11 is 0. The van der Waals surface area contributed by atoms with Crippen LogP contribution in [0, 0.1) is 0 Å². The first kappa shape index (κ1) is 22.5. The van der Waals surface area contributed by atoms with E-state index in [2.05, 4.69) is 5.32 Å². The van der Waals surface area contributed by atoms with Crippen molar-refractivity contribution in [3.8, 4) is 5.75 Å². The molecule has 2 aliphatic rings. The molecule has 0 spiro atoms. The molecule has 2 amide bonds. The SMILES string of the molecule is CCOc1ccccc1CN1C(=O)c2cc3ccccc3n2C[C@@]1(C)C(=O)NC1CCCCC1. The Bertz CT molecular complexity index is 1210. The summed E-state index contributed by atoms with van der Waals surface area (Å²) < 4.78 is 7.85. The molecule has 1 aromatic heterocycles. The second-order valence-electron chi connectivity index (χ2n) is 9.69. The molecule has 2 aromatic carbocycles. The van der Waals surface area contributed by atoms with Gasteiger partial charge in [0, 0.05) is 22.5 Å². The van der Waals surface area contributed by atoms with Gasteiger partial charge in [-0.15, -0.1) is 0 Å². The fourth-order valence-corrected chi connectivity index (χ4v) is 5.44. The maximum atomic E-state index is 14.0. The number of ether oxygens (including phenoxy) is 1. The molecule has 178 valence electrons. The van der Waals surface area contributed by atoms with E-state index < -0.39 is 5.54 Å². The molecule has 2 heterocycles. The molecule has 1 aliphatic heterocycles. The number of hydrogen-bond acceptors (Lipinski definition) is 3. The minimum atomic E-state index is -1.03. The van der Waals surface area contributed by atoms with Crippen molar-refractivity contribution >= 4 is 22.7 Å². The normalized spacial score (nSPS) is 20.9. The second kappa shape index (κ2) is 9.16. The summed E-state index contributed by atoms with van der Waals surface area (Å²) in [6.45, 7) is 5.12. The van der Waals surface area contributed by atoms with Gasteiger partial charge in [0.05, 0.1) is 19.7 Å². The number of carbonyl (C=O) groups is 2. The average Bonchev–Trinajstić information content (AvgIpc) is 3.22. The summed E-state index contributed by atoms with van der Waals surface area (Å²) in [6.07, 6.45) is 5.50. The molecular formula is C28H33N3O3. The zero-order valence-corrected chi connectivity index (χ0v) is 20.0. The standard InChI is InChI=1S/C28H33N3O3/c1-3-34-25-16-10-8-12-21(25)18-31-26(32)24-17-20-11-7-9-15-23(20)30(24)19-28(31,2)27(33)29-22-13-5-4-6-14-22/h7-12,15-17,22H,3-6,13-14,18-19H2,1-2H3,(H,29,33)/t28-/m0/s1. The molecule has 0 bridgehead atoms. The zero-order chi connectivity index (χ0) is 23.7. The monoisotopic (exact) mass is 459 g/mol. The van der Waals surface area contributed by atoms with Gasteiger partial charge in [0.25, 0.3) is 5.91 Å². The van der Waals surface area contributed by atoms with Crippen molar-refractivity contribution < 1.29 is 14.3 Å². The number of para-hydroxylation sites is 2. The molecule has 0 saturated heterocycles. The number of benzene rings is 2. The number of aromatic nitrogens is 1. The number of amides is 2. The number of nitrogens with one attached hydrogen (secondary N) is 1. The number of fused-ring (bicyclic) bond motifs is 3. The van der Waals surface area contributed by atoms with Crippen LogP contribution in [-0.4, -0.2) is 39.5 Å². The van der Waals surface area contributed by atoms with Crippen LogP contribution in [0.3, 0.4) is 0 Å². The highest BCUT2D eigenvalue weighted by molar-refractivity contribution is 6.03. The van der Waals surface area contributed by atoms with Crippen LogP contribution >= 0.6 is 0 Å². The van der Waals surface area contributed by atoms with E-state index in [9.17, 15) is 9.59 Å². The van der Waals surface area contributed by atoms with E-state index in [0.717, 1.165) is 47.9 Å². The Hall–Kier alpha value is -3.28. The molecule has 6 nitrogen and oxygen atoms in total. The molecule has 0 unspecified atom stereocenters. The van der Waals surface area contributed by atoms with Crippen LogP contribution < -0.4 is 10.1 Å². The lowest BCUT2D eigenvalue weighted by atomic mass is 9.91. The van der Waals surface area contributed by atoms with E-state index in [-0.39, 0.29) is 17.9 Å². The molecule has 3 aromatic rings. The maximum absolute atomic E-state index is 14.0. The Kier molecular flexibility index (Phi) is 6.07. The fourth-order valence-electron chi connectivity index (χ4n) is 5.44. The van der Waals surface area contributed by atoms with Crippen LogP contribution in [0.15, 0.2) is 54.6 Å². The van der Waals surface area contributed by atoms with Crippen LogP contribution in [0.1, 0.15) is 62.0 Å². The van der Waals surface area contributed by atoms with Gasteiger partial charge in [-0.2, -0.15) is 0 Å². The smallest absolute Gasteiger partial charge is 0.271 e. The van der Waals surface area contributed by atoms with E-state index in [4.69, 9.17) is 4.74 Å². The van der Waals surface area contributed by atoms with Crippen molar-refractivity contribution in [1.29, 1.82) is 0 Å². The Balaban J connectivity index is 1.55. The predicted molar refractivity (Wildman–Crippen MR) is 133 cm³/mol. The van der Waals surface area contributed by atoms with Crippen molar-refractivity contribution in [3.63, 3.8) is 0 Å².